The molecule has 3 rings (SSSR count). The summed E-state index contributed by atoms with van der Waals surface area (Å²) in [6.45, 7) is -1.38. The molecule has 0 bridgehead atoms. The summed E-state index contributed by atoms with van der Waals surface area (Å²) >= 11 is 0. The number of nitrogens with zero attached hydrogens (tertiary/aromatic N) is 3. The van der Waals surface area contributed by atoms with Gasteiger partial charge >= 0.3 is 6.18 Å². The highest BCUT2D eigenvalue weighted by atomic mass is 28.1. The smallest absolute Gasteiger partial charge is 0.396 e. The van der Waals surface area contributed by atoms with E-state index in [9.17, 15) is 18.0 Å². The number of carbonyl (C=O) groups excluding carboxylic acids is 1. The van der Waals surface area contributed by atoms with Gasteiger partial charge in [-0.3, -0.25) is 4.79 Å². The van der Waals surface area contributed by atoms with Gasteiger partial charge in [0, 0.05) is 33.6 Å². The number of nitrogens with two attached hydrogens (primary N) is 1. The number of hydrogen-bond donors (Lipinski definition) is 4. The van der Waals surface area contributed by atoms with E-state index < -0.39 is 24.3 Å². The molecule has 0 unspecified atom stereocenters. The summed E-state index contributed by atoms with van der Waals surface area (Å²) in [4.78, 5) is 27.4. The minimum absolute atomic E-state index is 0.223. The maximum absolute atomic E-state index is 12.2. The van der Waals surface area contributed by atoms with Crippen LogP contribution in [0, 0.1) is 0 Å². The SMILES string of the molecule is Nc1ccc(-c2c[nH]c3ncncc23)nc1N[C@@H]([SiH3])C(=O)NCC(F)(F)F. The number of alkyl halides is 3. The fourth-order valence-corrected chi connectivity index (χ4v) is 2.90. The van der Waals surface area contributed by atoms with Crippen LogP contribution in [-0.4, -0.2) is 54.5 Å². The van der Waals surface area contributed by atoms with E-state index in [1.807, 2.05) is 5.32 Å². The molecule has 0 aliphatic rings. The molecule has 0 fully saturated rings. The minimum Gasteiger partial charge on any atom is -0.396 e. The Morgan fingerprint density at radius 1 is 1.37 bits per heavy atom. The summed E-state index contributed by atoms with van der Waals surface area (Å²) in [5.41, 5.74) is 7.27. The van der Waals surface area contributed by atoms with Crippen LogP contribution in [0.4, 0.5) is 24.7 Å². The monoisotopic (exact) mass is 395 g/mol. The lowest BCUT2D eigenvalue weighted by Crippen LogP contribution is -2.44. The molecule has 0 spiro atoms. The number of nitrogen functional groups attached to an aromatic ring is 1. The van der Waals surface area contributed by atoms with Gasteiger partial charge in [-0.2, -0.15) is 13.2 Å². The number of nitrogens with one attached hydrogen (secondary N) is 3. The topological polar surface area (TPSA) is 122 Å². The van der Waals surface area contributed by atoms with Crippen molar-refractivity contribution in [3.8, 4) is 11.3 Å². The van der Waals surface area contributed by atoms with E-state index >= 15 is 0 Å². The van der Waals surface area contributed by atoms with Crippen LogP contribution in [0.3, 0.4) is 0 Å². The van der Waals surface area contributed by atoms with Gasteiger partial charge in [-0.1, -0.05) is 0 Å². The third-order valence-corrected chi connectivity index (χ3v) is 4.58. The van der Waals surface area contributed by atoms with E-state index in [0.29, 0.717) is 11.3 Å². The first kappa shape index (κ1) is 18.6. The number of carbonyl (C=O) groups is 1. The van der Waals surface area contributed by atoms with Crippen molar-refractivity contribution in [1.82, 2.24) is 25.3 Å². The Morgan fingerprint density at radius 2 is 2.15 bits per heavy atom. The van der Waals surface area contributed by atoms with Crippen LogP contribution in [-0.2, 0) is 4.79 Å². The van der Waals surface area contributed by atoms with E-state index in [1.165, 1.54) is 6.33 Å². The molecule has 0 saturated heterocycles. The van der Waals surface area contributed by atoms with E-state index in [-0.39, 0.29) is 21.7 Å². The number of aromatic nitrogens is 4. The highest BCUT2D eigenvalue weighted by Gasteiger charge is 2.28. The van der Waals surface area contributed by atoms with Gasteiger partial charge in [0.15, 0.2) is 0 Å². The van der Waals surface area contributed by atoms with Gasteiger partial charge in [0.25, 0.3) is 0 Å². The molecule has 142 valence electrons. The third-order valence-electron chi connectivity index (χ3n) is 3.77. The van der Waals surface area contributed by atoms with Crippen molar-refractivity contribution in [3.63, 3.8) is 0 Å². The van der Waals surface area contributed by atoms with Gasteiger partial charge in [0.05, 0.1) is 17.0 Å². The van der Waals surface area contributed by atoms with E-state index in [2.05, 4.69) is 25.3 Å². The average molecular weight is 395 g/mol. The first-order chi connectivity index (χ1) is 12.7. The normalized spacial score (nSPS) is 12.9. The number of hydrogen-bond acceptors (Lipinski definition) is 6. The number of H-pyrrole nitrogens is 1. The molecule has 0 aromatic carbocycles. The van der Waals surface area contributed by atoms with Crippen molar-refractivity contribution in [2.75, 3.05) is 17.6 Å². The van der Waals surface area contributed by atoms with Gasteiger partial charge in [-0.05, 0) is 12.1 Å². The summed E-state index contributed by atoms with van der Waals surface area (Å²) in [5.74, 6) is -0.535. The Balaban J connectivity index is 1.80. The molecule has 3 heterocycles. The molecule has 5 N–H and O–H groups in total. The van der Waals surface area contributed by atoms with Crippen molar-refractivity contribution in [3.05, 3.63) is 30.9 Å². The number of pyridine rings is 1. The molecule has 0 aliphatic heterocycles. The number of anilines is 2. The van der Waals surface area contributed by atoms with Crippen LogP contribution in [0.15, 0.2) is 30.9 Å². The largest absolute Gasteiger partial charge is 0.405 e. The summed E-state index contributed by atoms with van der Waals surface area (Å²) in [6.07, 6.45) is 0.304. The molecular weight excluding hydrogens is 379 g/mol. The predicted molar refractivity (Wildman–Crippen MR) is 97.9 cm³/mol. The second-order valence-corrected chi connectivity index (χ2v) is 6.98. The lowest BCUT2D eigenvalue weighted by molar-refractivity contribution is -0.137. The average Bonchev–Trinajstić information content (AvgIpc) is 3.05. The van der Waals surface area contributed by atoms with Crippen LogP contribution < -0.4 is 16.4 Å². The van der Waals surface area contributed by atoms with Crippen molar-refractivity contribution in [2.24, 2.45) is 0 Å². The second kappa shape index (κ2) is 7.23. The van der Waals surface area contributed by atoms with Gasteiger partial charge in [0.1, 0.15) is 24.3 Å². The lowest BCUT2D eigenvalue weighted by atomic mass is 10.1. The first-order valence-corrected chi connectivity index (χ1v) is 9.05. The first-order valence-electron chi connectivity index (χ1n) is 7.89. The highest BCUT2D eigenvalue weighted by Crippen LogP contribution is 2.28. The van der Waals surface area contributed by atoms with Gasteiger partial charge in [-0.15, -0.1) is 0 Å². The number of amides is 1. The molecule has 1 amide bonds. The Kier molecular flexibility index (Phi) is 4.99. The summed E-state index contributed by atoms with van der Waals surface area (Å²) in [7, 11) is 0.255. The number of rotatable bonds is 5. The van der Waals surface area contributed by atoms with Crippen molar-refractivity contribution in [1.29, 1.82) is 0 Å². The molecule has 0 saturated carbocycles. The van der Waals surface area contributed by atoms with Gasteiger partial charge < -0.3 is 21.4 Å². The standard InChI is InChI=1S/C15H16F3N7OSi/c16-15(17,18)5-22-13(26)14(27)25-12-9(19)1-2-10(24-12)7-4-21-11-8(7)3-20-6-23-11/h1-4,6,14H,5,19H2,27H3,(H,22,26)(H,24,25)(H,20,21,23)/t14-/m0/s1. The quantitative estimate of drug-likeness (QED) is 0.464. The van der Waals surface area contributed by atoms with Crippen LogP contribution >= 0.6 is 0 Å². The maximum Gasteiger partial charge on any atom is 0.405 e. The number of aromatic amines is 1. The Morgan fingerprint density at radius 3 is 2.89 bits per heavy atom. The number of fused-ring (bicyclic) bond motifs is 1. The molecule has 8 nitrogen and oxygen atoms in total. The molecular formula is C15H16F3N7OSi. The molecule has 27 heavy (non-hydrogen) atoms. The maximum atomic E-state index is 12.2. The molecule has 0 aliphatic carbocycles. The van der Waals surface area contributed by atoms with Crippen LogP contribution in [0.25, 0.3) is 22.3 Å². The van der Waals surface area contributed by atoms with Crippen molar-refractivity contribution >= 4 is 38.7 Å². The van der Waals surface area contributed by atoms with Crippen LogP contribution in [0.1, 0.15) is 0 Å². The van der Waals surface area contributed by atoms with Crippen LogP contribution in [0.2, 0.25) is 0 Å². The third kappa shape index (κ3) is 4.34. The fourth-order valence-electron chi connectivity index (χ4n) is 2.42. The Bertz CT molecular complexity index is 975. The lowest BCUT2D eigenvalue weighted by Gasteiger charge is -2.17. The molecule has 0 radical (unpaired) electrons. The summed E-state index contributed by atoms with van der Waals surface area (Å²) in [5, 5.41) is 5.40. The zero-order chi connectivity index (χ0) is 19.6. The number of halogens is 3. The van der Waals surface area contributed by atoms with Crippen molar-refractivity contribution < 1.29 is 18.0 Å². The summed E-state index contributed by atoms with van der Waals surface area (Å²) < 4.78 is 36.7. The van der Waals surface area contributed by atoms with E-state index in [4.69, 9.17) is 5.73 Å². The minimum atomic E-state index is -4.47. The van der Waals surface area contributed by atoms with E-state index in [0.717, 1.165) is 10.9 Å². The zero-order valence-corrected chi connectivity index (χ0v) is 16.1. The Labute approximate surface area is 154 Å². The van der Waals surface area contributed by atoms with Gasteiger partial charge in [-0.25, -0.2) is 15.0 Å². The predicted octanol–water partition coefficient (Wildman–Crippen LogP) is 0.384. The molecule has 12 heteroatoms. The Hall–Kier alpha value is -3.15. The second-order valence-electron chi connectivity index (χ2n) is 5.82. The van der Waals surface area contributed by atoms with Crippen molar-refractivity contribution in [2.45, 2.75) is 11.8 Å². The van der Waals surface area contributed by atoms with Crippen LogP contribution in [0.5, 0.6) is 0 Å². The van der Waals surface area contributed by atoms with E-state index in [1.54, 1.807) is 24.5 Å². The fraction of sp³-hybridized carbons (Fsp3) is 0.200. The summed E-state index contributed by atoms with van der Waals surface area (Å²) in [6, 6.07) is 3.30. The zero-order valence-electron chi connectivity index (χ0n) is 14.1. The molecule has 1 atom stereocenters. The van der Waals surface area contributed by atoms with Gasteiger partial charge in [0.2, 0.25) is 5.91 Å². The molecule has 3 aromatic heterocycles. The highest BCUT2D eigenvalue weighted by molar-refractivity contribution is 6.25. The molecule has 3 aromatic rings.